The van der Waals surface area contributed by atoms with Crippen molar-refractivity contribution in [1.29, 1.82) is 0 Å². The van der Waals surface area contributed by atoms with Gasteiger partial charge in [-0.25, -0.2) is 5.01 Å². The van der Waals surface area contributed by atoms with Crippen LogP contribution in [0.1, 0.15) is 13.8 Å². The van der Waals surface area contributed by atoms with Crippen LogP contribution in [0.15, 0.2) is 6.07 Å². The lowest BCUT2D eigenvalue weighted by atomic mass is 10.2. The highest BCUT2D eigenvalue weighted by Crippen LogP contribution is 2.43. The zero-order chi connectivity index (χ0) is 15.4. The molecule has 0 saturated heterocycles. The number of nitro groups is 2. The van der Waals surface area contributed by atoms with Gasteiger partial charge in [-0.15, -0.1) is 0 Å². The minimum absolute atomic E-state index is 0.228. The minimum Gasteiger partial charge on any atom is -0.392 e. The number of rotatable bonds is 6. The van der Waals surface area contributed by atoms with Gasteiger partial charge in [0.1, 0.15) is 5.69 Å². The molecule has 110 valence electrons. The molecule has 9 nitrogen and oxygen atoms in total. The number of nitrogens with zero attached hydrogens (tertiary/aromatic N) is 3. The molecule has 1 aromatic rings. The van der Waals surface area contributed by atoms with Crippen LogP contribution >= 0.6 is 11.6 Å². The third-order valence-electron chi connectivity index (χ3n) is 2.68. The van der Waals surface area contributed by atoms with Crippen molar-refractivity contribution in [2.45, 2.75) is 13.8 Å². The number of nitrogens with one attached hydrogen (secondary N) is 1. The fourth-order valence-electron chi connectivity index (χ4n) is 1.62. The Bertz CT molecular complexity index is 547. The van der Waals surface area contributed by atoms with Crippen molar-refractivity contribution < 1.29 is 9.85 Å². The molecule has 0 saturated carbocycles. The Morgan fingerprint density at radius 2 is 1.85 bits per heavy atom. The molecule has 0 aliphatic carbocycles. The summed E-state index contributed by atoms with van der Waals surface area (Å²) in [5.74, 6) is 0. The molecular formula is C10H14ClN5O4. The zero-order valence-corrected chi connectivity index (χ0v) is 11.7. The van der Waals surface area contributed by atoms with Gasteiger partial charge in [0.25, 0.3) is 0 Å². The molecule has 10 heteroatoms. The predicted molar refractivity (Wildman–Crippen MR) is 75.7 cm³/mol. The van der Waals surface area contributed by atoms with Gasteiger partial charge in [-0.3, -0.25) is 20.2 Å². The molecule has 0 heterocycles. The number of benzene rings is 1. The second-order valence-corrected chi connectivity index (χ2v) is 4.22. The molecule has 1 aromatic carbocycles. The van der Waals surface area contributed by atoms with Crippen LogP contribution in [-0.4, -0.2) is 27.9 Å². The summed E-state index contributed by atoms with van der Waals surface area (Å²) in [7, 11) is 0. The highest BCUT2D eigenvalue weighted by Gasteiger charge is 2.31. The standard InChI is InChI=1S/C10H14ClN5O4/c1-3-14(4-2)13-9-7(15(17)18)5-6(11)8(12)10(9)16(19)20/h5,13H,3-4,12H2,1-2H3. The summed E-state index contributed by atoms with van der Waals surface area (Å²) in [5, 5.41) is 23.5. The van der Waals surface area contributed by atoms with Crippen molar-refractivity contribution >= 4 is 34.4 Å². The average Bonchev–Trinajstić information content (AvgIpc) is 2.38. The number of nitrogens with two attached hydrogens (primary N) is 1. The van der Waals surface area contributed by atoms with E-state index in [1.807, 2.05) is 0 Å². The smallest absolute Gasteiger partial charge is 0.325 e. The van der Waals surface area contributed by atoms with Crippen LogP contribution in [0.2, 0.25) is 5.02 Å². The van der Waals surface area contributed by atoms with E-state index >= 15 is 0 Å². The first-order valence-corrected chi connectivity index (χ1v) is 6.13. The third-order valence-corrected chi connectivity index (χ3v) is 2.99. The van der Waals surface area contributed by atoms with E-state index < -0.39 is 21.2 Å². The maximum absolute atomic E-state index is 11.1. The Labute approximate surface area is 119 Å². The van der Waals surface area contributed by atoms with Gasteiger partial charge in [-0.05, 0) is 0 Å². The molecule has 0 aliphatic heterocycles. The summed E-state index contributed by atoms with van der Waals surface area (Å²) in [4.78, 5) is 20.6. The summed E-state index contributed by atoms with van der Waals surface area (Å²) in [5.41, 5.74) is 6.54. The maximum Gasteiger partial charge on any atom is 0.325 e. The quantitative estimate of drug-likeness (QED) is 0.469. The highest BCUT2D eigenvalue weighted by atomic mass is 35.5. The van der Waals surface area contributed by atoms with Crippen molar-refractivity contribution in [3.63, 3.8) is 0 Å². The Morgan fingerprint density at radius 1 is 1.30 bits per heavy atom. The van der Waals surface area contributed by atoms with Crippen LogP contribution in [0.4, 0.5) is 22.7 Å². The minimum atomic E-state index is -0.792. The molecular weight excluding hydrogens is 290 g/mol. The number of halogens is 1. The number of nitrogen functional groups attached to an aromatic ring is 1. The summed E-state index contributed by atoms with van der Waals surface area (Å²) in [6.45, 7) is 4.58. The molecule has 20 heavy (non-hydrogen) atoms. The molecule has 0 radical (unpaired) electrons. The molecule has 0 bridgehead atoms. The monoisotopic (exact) mass is 303 g/mol. The van der Waals surface area contributed by atoms with E-state index in [9.17, 15) is 20.2 Å². The lowest BCUT2D eigenvalue weighted by Gasteiger charge is -2.20. The molecule has 0 aliphatic rings. The van der Waals surface area contributed by atoms with E-state index in [0.29, 0.717) is 13.1 Å². The van der Waals surface area contributed by atoms with Crippen LogP contribution in [0, 0.1) is 20.2 Å². The third kappa shape index (κ3) is 3.06. The zero-order valence-electron chi connectivity index (χ0n) is 10.9. The summed E-state index contributed by atoms with van der Waals surface area (Å²) in [6.07, 6.45) is 0. The van der Waals surface area contributed by atoms with Crippen molar-refractivity contribution in [1.82, 2.24) is 5.01 Å². The van der Waals surface area contributed by atoms with Gasteiger partial charge in [0.2, 0.25) is 5.69 Å². The van der Waals surface area contributed by atoms with E-state index in [1.165, 1.54) is 0 Å². The number of nitro benzene ring substituents is 2. The van der Waals surface area contributed by atoms with Crippen molar-refractivity contribution in [3.05, 3.63) is 31.3 Å². The van der Waals surface area contributed by atoms with Crippen LogP contribution in [0.5, 0.6) is 0 Å². The van der Waals surface area contributed by atoms with E-state index in [-0.39, 0.29) is 16.4 Å². The molecule has 0 fully saturated rings. The lowest BCUT2D eigenvalue weighted by molar-refractivity contribution is -0.391. The van der Waals surface area contributed by atoms with Crippen LogP contribution in [-0.2, 0) is 0 Å². The summed E-state index contributed by atoms with van der Waals surface area (Å²) >= 11 is 5.71. The van der Waals surface area contributed by atoms with Crippen LogP contribution < -0.4 is 11.2 Å². The largest absolute Gasteiger partial charge is 0.392 e. The van der Waals surface area contributed by atoms with Gasteiger partial charge in [-0.1, -0.05) is 25.4 Å². The average molecular weight is 304 g/mol. The first-order chi connectivity index (χ1) is 9.33. The normalized spacial score (nSPS) is 10.6. The molecule has 0 aromatic heterocycles. The molecule has 0 amide bonds. The van der Waals surface area contributed by atoms with Gasteiger partial charge in [0.05, 0.1) is 14.9 Å². The first-order valence-electron chi connectivity index (χ1n) is 5.75. The van der Waals surface area contributed by atoms with Gasteiger partial charge in [0, 0.05) is 19.2 Å². The van der Waals surface area contributed by atoms with E-state index in [4.69, 9.17) is 17.3 Å². The van der Waals surface area contributed by atoms with Gasteiger partial charge < -0.3 is 11.2 Å². The fraction of sp³-hybridized carbons (Fsp3) is 0.400. The number of hydrogen-bond donors (Lipinski definition) is 2. The van der Waals surface area contributed by atoms with Gasteiger partial charge in [0.15, 0.2) is 0 Å². The topological polar surface area (TPSA) is 128 Å². The molecule has 0 spiro atoms. The molecule has 1 rings (SSSR count). The maximum atomic E-state index is 11.1. The molecule has 0 atom stereocenters. The summed E-state index contributed by atoms with van der Waals surface area (Å²) < 4.78 is 0. The van der Waals surface area contributed by atoms with Gasteiger partial charge >= 0.3 is 11.4 Å². The highest BCUT2D eigenvalue weighted by molar-refractivity contribution is 6.34. The Hall–Kier alpha value is -2.13. The van der Waals surface area contributed by atoms with Crippen LogP contribution in [0.25, 0.3) is 0 Å². The van der Waals surface area contributed by atoms with Crippen molar-refractivity contribution in [3.8, 4) is 0 Å². The Kier molecular flexibility index (Phi) is 5.06. The predicted octanol–water partition coefficient (Wildman–Crippen LogP) is 2.41. The SMILES string of the molecule is CCN(CC)Nc1c([N+](=O)[O-])cc(Cl)c(N)c1[N+](=O)[O-]. The fourth-order valence-corrected chi connectivity index (χ4v) is 1.82. The number of hydrogen-bond acceptors (Lipinski definition) is 7. The molecule has 0 unspecified atom stereocenters. The number of hydrazine groups is 1. The Balaban J connectivity index is 3.54. The first kappa shape index (κ1) is 15.9. The van der Waals surface area contributed by atoms with E-state index in [1.54, 1.807) is 18.9 Å². The molecule has 3 N–H and O–H groups in total. The van der Waals surface area contributed by atoms with Crippen molar-refractivity contribution in [2.24, 2.45) is 0 Å². The van der Waals surface area contributed by atoms with Crippen LogP contribution in [0.3, 0.4) is 0 Å². The second-order valence-electron chi connectivity index (χ2n) is 3.81. The van der Waals surface area contributed by atoms with Gasteiger partial charge in [-0.2, -0.15) is 0 Å². The summed E-state index contributed by atoms with van der Waals surface area (Å²) in [6, 6.07) is 0.996. The van der Waals surface area contributed by atoms with E-state index in [0.717, 1.165) is 6.07 Å². The second kappa shape index (κ2) is 6.35. The number of anilines is 2. The van der Waals surface area contributed by atoms with Crippen molar-refractivity contribution in [2.75, 3.05) is 24.2 Å². The lowest BCUT2D eigenvalue weighted by Crippen LogP contribution is -2.30. The van der Waals surface area contributed by atoms with E-state index in [2.05, 4.69) is 5.43 Å². The Morgan fingerprint density at radius 3 is 2.25 bits per heavy atom.